The Hall–Kier alpha value is -2.38. The van der Waals surface area contributed by atoms with Crippen molar-refractivity contribution in [2.75, 3.05) is 13.7 Å². The van der Waals surface area contributed by atoms with Crippen molar-refractivity contribution in [2.24, 2.45) is 5.92 Å². The summed E-state index contributed by atoms with van der Waals surface area (Å²) in [6, 6.07) is 3.70. The fourth-order valence-electron chi connectivity index (χ4n) is 1.82. The van der Waals surface area contributed by atoms with Gasteiger partial charge in [-0.2, -0.15) is 0 Å². The van der Waals surface area contributed by atoms with Crippen LogP contribution in [0.3, 0.4) is 0 Å². The first-order valence-electron chi connectivity index (χ1n) is 5.74. The lowest BCUT2D eigenvalue weighted by molar-refractivity contribution is -0.385. The number of carbonyl (C=O) groups is 1. The number of carboxylic acid groups (broad SMARTS) is 1. The van der Waals surface area contributed by atoms with Crippen LogP contribution in [0.4, 0.5) is 10.1 Å². The number of non-ortho nitro benzene ring substituents is 1. The van der Waals surface area contributed by atoms with E-state index in [1.54, 1.807) is 0 Å². The van der Waals surface area contributed by atoms with Gasteiger partial charge in [-0.3, -0.25) is 14.9 Å². The van der Waals surface area contributed by atoms with Crippen LogP contribution in [0, 0.1) is 16.0 Å². The maximum absolute atomic E-state index is 13.9. The highest BCUT2D eigenvalue weighted by Gasteiger charge is 2.61. The summed E-state index contributed by atoms with van der Waals surface area (Å²) in [6.45, 7) is -0.464. The van der Waals surface area contributed by atoms with Crippen molar-refractivity contribution in [1.82, 2.24) is 0 Å². The van der Waals surface area contributed by atoms with E-state index in [1.165, 1.54) is 19.2 Å². The van der Waals surface area contributed by atoms with Gasteiger partial charge in [0.05, 0.1) is 30.1 Å². The summed E-state index contributed by atoms with van der Waals surface area (Å²) in [7, 11) is 1.33. The third-order valence-corrected chi connectivity index (χ3v) is 3.10. The smallest absolute Gasteiger partial charge is 0.310 e. The van der Waals surface area contributed by atoms with Crippen molar-refractivity contribution in [3.05, 3.63) is 28.3 Å². The van der Waals surface area contributed by atoms with E-state index in [-0.39, 0.29) is 23.6 Å². The van der Waals surface area contributed by atoms with E-state index < -0.39 is 29.1 Å². The Bertz CT molecular complexity index is 563. The van der Waals surface area contributed by atoms with Gasteiger partial charge in [0.1, 0.15) is 18.1 Å². The first-order chi connectivity index (χ1) is 9.35. The van der Waals surface area contributed by atoms with Crippen molar-refractivity contribution < 1.29 is 28.7 Å². The number of hydrogen-bond acceptors (Lipinski definition) is 5. The highest BCUT2D eigenvalue weighted by atomic mass is 19.1. The minimum absolute atomic E-state index is 0.0594. The molecule has 2 rings (SSSR count). The molecule has 2 unspecified atom stereocenters. The Balaban J connectivity index is 2.08. The monoisotopic (exact) mass is 285 g/mol. The van der Waals surface area contributed by atoms with E-state index in [9.17, 15) is 19.3 Å². The molecule has 0 amide bonds. The maximum Gasteiger partial charge on any atom is 0.310 e. The van der Waals surface area contributed by atoms with E-state index in [1.807, 2.05) is 0 Å². The van der Waals surface area contributed by atoms with Gasteiger partial charge in [0.15, 0.2) is 5.67 Å². The zero-order chi connectivity index (χ0) is 14.9. The van der Waals surface area contributed by atoms with Gasteiger partial charge in [-0.25, -0.2) is 4.39 Å². The Morgan fingerprint density at radius 1 is 1.55 bits per heavy atom. The molecular formula is C12H12FNO6. The molecule has 0 aromatic heterocycles. The summed E-state index contributed by atoms with van der Waals surface area (Å²) in [6.07, 6.45) is -0.117. The molecule has 0 spiro atoms. The average Bonchev–Trinajstić information content (AvgIpc) is 3.09. The average molecular weight is 285 g/mol. The van der Waals surface area contributed by atoms with Crippen molar-refractivity contribution in [3.63, 3.8) is 0 Å². The lowest BCUT2D eigenvalue weighted by Gasteiger charge is -2.10. The van der Waals surface area contributed by atoms with Crippen LogP contribution in [0.5, 0.6) is 11.5 Å². The van der Waals surface area contributed by atoms with Gasteiger partial charge in [0.25, 0.3) is 5.69 Å². The summed E-state index contributed by atoms with van der Waals surface area (Å²) in [5.74, 6) is -2.03. The van der Waals surface area contributed by atoms with Crippen molar-refractivity contribution in [1.29, 1.82) is 0 Å². The van der Waals surface area contributed by atoms with Crippen LogP contribution in [-0.4, -0.2) is 35.4 Å². The molecule has 1 aromatic rings. The molecule has 0 bridgehead atoms. The third kappa shape index (κ3) is 2.79. The van der Waals surface area contributed by atoms with Gasteiger partial charge in [0.2, 0.25) is 0 Å². The molecular weight excluding hydrogens is 273 g/mol. The van der Waals surface area contributed by atoms with Crippen molar-refractivity contribution >= 4 is 11.7 Å². The Labute approximate surface area is 113 Å². The predicted octanol–water partition coefficient (Wildman–Crippen LogP) is 1.79. The molecule has 7 nitrogen and oxygen atoms in total. The molecule has 108 valence electrons. The number of nitro benzene ring substituents is 1. The predicted molar refractivity (Wildman–Crippen MR) is 64.7 cm³/mol. The lowest BCUT2D eigenvalue weighted by Crippen LogP contribution is -2.20. The largest absolute Gasteiger partial charge is 0.496 e. The fraction of sp³-hybridized carbons (Fsp3) is 0.417. The zero-order valence-electron chi connectivity index (χ0n) is 10.5. The van der Waals surface area contributed by atoms with E-state index in [0.29, 0.717) is 0 Å². The second kappa shape index (κ2) is 4.95. The summed E-state index contributed by atoms with van der Waals surface area (Å²) in [4.78, 5) is 20.7. The minimum Gasteiger partial charge on any atom is -0.496 e. The van der Waals surface area contributed by atoms with E-state index in [4.69, 9.17) is 14.6 Å². The number of nitro groups is 1. The molecule has 1 N–H and O–H groups in total. The highest BCUT2D eigenvalue weighted by Crippen LogP contribution is 2.47. The second-order valence-electron chi connectivity index (χ2n) is 4.54. The molecule has 0 radical (unpaired) electrons. The number of ether oxygens (including phenoxy) is 2. The molecule has 0 heterocycles. The number of carboxylic acids is 1. The number of hydrogen-bond donors (Lipinski definition) is 1. The van der Waals surface area contributed by atoms with E-state index in [0.717, 1.165) is 6.07 Å². The van der Waals surface area contributed by atoms with Gasteiger partial charge in [0, 0.05) is 12.5 Å². The number of halogens is 1. The van der Waals surface area contributed by atoms with Gasteiger partial charge in [-0.15, -0.1) is 0 Å². The second-order valence-corrected chi connectivity index (χ2v) is 4.54. The number of rotatable bonds is 6. The Morgan fingerprint density at radius 3 is 2.70 bits per heavy atom. The SMILES string of the molecule is COc1cc(OCC2(F)CC2C(=O)O)cc([N+](=O)[O-])c1. The Kier molecular flexibility index (Phi) is 3.47. The van der Waals surface area contributed by atoms with Crippen LogP contribution < -0.4 is 9.47 Å². The molecule has 1 aromatic carbocycles. The first-order valence-corrected chi connectivity index (χ1v) is 5.74. The molecule has 1 saturated carbocycles. The summed E-state index contributed by atoms with van der Waals surface area (Å²) in [5, 5.41) is 19.4. The fourth-order valence-corrected chi connectivity index (χ4v) is 1.82. The van der Waals surface area contributed by atoms with Gasteiger partial charge >= 0.3 is 5.97 Å². The third-order valence-electron chi connectivity index (χ3n) is 3.10. The highest BCUT2D eigenvalue weighted by molar-refractivity contribution is 5.75. The number of alkyl halides is 1. The summed E-state index contributed by atoms with van der Waals surface area (Å²) in [5.41, 5.74) is -2.17. The number of benzene rings is 1. The minimum atomic E-state index is -1.91. The quantitative estimate of drug-likeness (QED) is 0.632. The number of nitrogens with zero attached hydrogens (tertiary/aromatic N) is 1. The Morgan fingerprint density at radius 2 is 2.20 bits per heavy atom. The number of methoxy groups -OCH3 is 1. The standard InChI is InChI=1S/C12H12FNO6/c1-19-8-2-7(14(17)18)3-9(4-8)20-6-12(13)5-10(12)11(15)16/h2-4,10H,5-6H2,1H3,(H,15,16). The molecule has 1 fully saturated rings. The van der Waals surface area contributed by atoms with Crippen LogP contribution in [0.15, 0.2) is 18.2 Å². The molecule has 1 aliphatic carbocycles. The topological polar surface area (TPSA) is 98.9 Å². The summed E-state index contributed by atoms with van der Waals surface area (Å²) >= 11 is 0. The summed E-state index contributed by atoms with van der Waals surface area (Å²) < 4.78 is 23.9. The first kappa shape index (κ1) is 14.0. The van der Waals surface area contributed by atoms with Gasteiger partial charge in [-0.05, 0) is 0 Å². The zero-order valence-corrected chi connectivity index (χ0v) is 10.5. The van der Waals surface area contributed by atoms with Crippen molar-refractivity contribution in [2.45, 2.75) is 12.1 Å². The molecule has 0 saturated heterocycles. The van der Waals surface area contributed by atoms with Crippen molar-refractivity contribution in [3.8, 4) is 11.5 Å². The molecule has 20 heavy (non-hydrogen) atoms. The number of aliphatic carboxylic acids is 1. The molecule has 1 aliphatic rings. The van der Waals surface area contributed by atoms with Crippen LogP contribution in [0.25, 0.3) is 0 Å². The molecule has 0 aliphatic heterocycles. The van der Waals surface area contributed by atoms with Gasteiger partial charge < -0.3 is 14.6 Å². The maximum atomic E-state index is 13.9. The van der Waals surface area contributed by atoms with Crippen LogP contribution in [0.2, 0.25) is 0 Å². The van der Waals surface area contributed by atoms with E-state index >= 15 is 0 Å². The van der Waals surface area contributed by atoms with Crippen LogP contribution in [-0.2, 0) is 4.79 Å². The molecule has 2 atom stereocenters. The van der Waals surface area contributed by atoms with Crippen LogP contribution >= 0.6 is 0 Å². The van der Waals surface area contributed by atoms with Gasteiger partial charge in [-0.1, -0.05) is 0 Å². The normalized spacial score (nSPS) is 24.0. The van der Waals surface area contributed by atoms with E-state index in [2.05, 4.69) is 0 Å². The van der Waals surface area contributed by atoms with Crippen LogP contribution in [0.1, 0.15) is 6.42 Å². The molecule has 8 heteroatoms. The lowest BCUT2D eigenvalue weighted by atomic mass is 10.2.